The number of nitrogens with zero attached hydrogens (tertiary/aromatic N) is 5. The van der Waals surface area contributed by atoms with Crippen molar-refractivity contribution in [3.63, 3.8) is 0 Å². The van der Waals surface area contributed by atoms with Crippen LogP contribution in [-0.4, -0.2) is 64.7 Å². The van der Waals surface area contributed by atoms with Gasteiger partial charge in [0.15, 0.2) is 0 Å². The molecule has 0 radical (unpaired) electrons. The van der Waals surface area contributed by atoms with E-state index in [4.69, 9.17) is 0 Å². The molecule has 5 rings (SSSR count). The Balaban J connectivity index is 1.23. The highest BCUT2D eigenvalue weighted by Gasteiger charge is 2.32. The van der Waals surface area contributed by atoms with Crippen LogP contribution in [0.3, 0.4) is 0 Å². The fraction of sp³-hybridized carbons (Fsp3) is 0.208. The van der Waals surface area contributed by atoms with Crippen molar-refractivity contribution in [1.82, 2.24) is 24.2 Å². The lowest BCUT2D eigenvalue weighted by molar-refractivity contribution is 0.0697. The van der Waals surface area contributed by atoms with Gasteiger partial charge in [0, 0.05) is 31.7 Å². The number of rotatable bonds is 5. The molecule has 180 valence electrons. The van der Waals surface area contributed by atoms with Crippen molar-refractivity contribution >= 4 is 27.0 Å². The largest absolute Gasteiger partial charge is 0.336 e. The SMILES string of the molecule is O=C(c1ccc(Cn2nnc3ccccc32)cc1)N1CCN(S(=O)(=O)c2cc(F)ccc2F)CC1. The van der Waals surface area contributed by atoms with E-state index in [1.165, 1.54) is 0 Å². The molecule has 0 saturated carbocycles. The average Bonchev–Trinajstić information content (AvgIpc) is 3.28. The zero-order chi connectivity index (χ0) is 24.6. The molecule has 1 aromatic heterocycles. The summed E-state index contributed by atoms with van der Waals surface area (Å²) in [5.74, 6) is -2.07. The van der Waals surface area contributed by atoms with Gasteiger partial charge in [-0.3, -0.25) is 4.79 Å². The maximum atomic E-state index is 14.0. The Bertz CT molecular complexity index is 1500. The predicted octanol–water partition coefficient (Wildman–Crippen LogP) is 2.90. The van der Waals surface area contributed by atoms with E-state index in [2.05, 4.69) is 10.3 Å². The van der Waals surface area contributed by atoms with Crippen LogP contribution in [0, 0.1) is 11.6 Å². The van der Waals surface area contributed by atoms with Crippen LogP contribution in [0.2, 0.25) is 0 Å². The van der Waals surface area contributed by atoms with Crippen LogP contribution in [-0.2, 0) is 16.6 Å². The molecule has 0 bridgehead atoms. The third-order valence-corrected chi connectivity index (χ3v) is 7.90. The quantitative estimate of drug-likeness (QED) is 0.423. The van der Waals surface area contributed by atoms with Crippen molar-refractivity contribution in [3.05, 3.63) is 89.5 Å². The van der Waals surface area contributed by atoms with Crippen molar-refractivity contribution < 1.29 is 22.0 Å². The highest BCUT2D eigenvalue weighted by atomic mass is 32.2. The van der Waals surface area contributed by atoms with Crippen LogP contribution in [0.1, 0.15) is 15.9 Å². The number of aromatic nitrogens is 3. The monoisotopic (exact) mass is 497 g/mol. The molecule has 0 atom stereocenters. The first-order valence-electron chi connectivity index (χ1n) is 10.9. The molecule has 1 fully saturated rings. The van der Waals surface area contributed by atoms with E-state index >= 15 is 0 Å². The predicted molar refractivity (Wildman–Crippen MR) is 124 cm³/mol. The molecule has 0 N–H and O–H groups in total. The number of sulfonamides is 1. The second kappa shape index (κ2) is 9.16. The number of para-hydroxylation sites is 1. The number of hydrogen-bond donors (Lipinski definition) is 0. The zero-order valence-corrected chi connectivity index (χ0v) is 19.3. The molecular formula is C24H21F2N5O3S. The summed E-state index contributed by atoms with van der Waals surface area (Å²) in [6.07, 6.45) is 0. The summed E-state index contributed by atoms with van der Waals surface area (Å²) in [5.41, 5.74) is 3.15. The Kier molecular flexibility index (Phi) is 6.03. The summed E-state index contributed by atoms with van der Waals surface area (Å²) >= 11 is 0. The molecule has 1 amide bonds. The molecule has 8 nitrogen and oxygen atoms in total. The molecule has 0 spiro atoms. The summed E-state index contributed by atoms with van der Waals surface area (Å²) in [6, 6.07) is 17.1. The fourth-order valence-corrected chi connectivity index (χ4v) is 5.59. The molecule has 4 aromatic rings. The third kappa shape index (κ3) is 4.52. The van der Waals surface area contributed by atoms with Gasteiger partial charge in [0.25, 0.3) is 5.91 Å². The summed E-state index contributed by atoms with van der Waals surface area (Å²) in [7, 11) is -4.21. The van der Waals surface area contributed by atoms with E-state index in [1.807, 2.05) is 36.4 Å². The van der Waals surface area contributed by atoms with Crippen molar-refractivity contribution in [1.29, 1.82) is 0 Å². The Morgan fingerprint density at radius 1 is 0.914 bits per heavy atom. The van der Waals surface area contributed by atoms with E-state index in [1.54, 1.807) is 21.7 Å². The van der Waals surface area contributed by atoms with Gasteiger partial charge in [-0.1, -0.05) is 29.5 Å². The first-order valence-corrected chi connectivity index (χ1v) is 12.4. The zero-order valence-electron chi connectivity index (χ0n) is 18.5. The van der Waals surface area contributed by atoms with Gasteiger partial charge in [0.2, 0.25) is 10.0 Å². The Hall–Kier alpha value is -3.70. The number of amides is 1. The second-order valence-corrected chi connectivity index (χ2v) is 10.1. The van der Waals surface area contributed by atoms with Crippen LogP contribution in [0.5, 0.6) is 0 Å². The molecule has 3 aromatic carbocycles. The van der Waals surface area contributed by atoms with Crippen molar-refractivity contribution in [3.8, 4) is 0 Å². The van der Waals surface area contributed by atoms with Crippen molar-refractivity contribution in [2.75, 3.05) is 26.2 Å². The number of halogens is 2. The normalized spacial score (nSPS) is 15.0. The van der Waals surface area contributed by atoms with Crippen molar-refractivity contribution in [2.24, 2.45) is 0 Å². The molecule has 1 aliphatic heterocycles. The van der Waals surface area contributed by atoms with E-state index in [-0.39, 0.29) is 32.1 Å². The highest BCUT2D eigenvalue weighted by Crippen LogP contribution is 2.22. The van der Waals surface area contributed by atoms with Crippen LogP contribution < -0.4 is 0 Å². The lowest BCUT2D eigenvalue weighted by atomic mass is 10.1. The van der Waals surface area contributed by atoms with Gasteiger partial charge in [-0.15, -0.1) is 5.10 Å². The number of hydrogen-bond acceptors (Lipinski definition) is 5. The molecule has 2 heterocycles. The summed E-state index contributed by atoms with van der Waals surface area (Å²) in [6.45, 7) is 0.758. The van der Waals surface area contributed by atoms with Gasteiger partial charge in [0.05, 0.1) is 12.1 Å². The summed E-state index contributed by atoms with van der Waals surface area (Å²) < 4.78 is 55.9. The second-order valence-electron chi connectivity index (χ2n) is 8.20. The van der Waals surface area contributed by atoms with Crippen LogP contribution in [0.4, 0.5) is 8.78 Å². The molecule has 0 unspecified atom stereocenters. The molecule has 11 heteroatoms. The molecule has 35 heavy (non-hydrogen) atoms. The average molecular weight is 498 g/mol. The van der Waals surface area contributed by atoms with E-state index in [0.29, 0.717) is 18.2 Å². The first kappa shape index (κ1) is 23.1. The van der Waals surface area contributed by atoms with Crippen LogP contribution in [0.25, 0.3) is 11.0 Å². The van der Waals surface area contributed by atoms with E-state index < -0.39 is 26.6 Å². The standard InChI is InChI=1S/C24H21F2N5O3S/c25-19-9-10-20(26)23(15-19)35(33,34)30-13-11-29(12-14-30)24(32)18-7-5-17(6-8-18)16-31-22-4-2-1-3-21(22)27-28-31/h1-10,15H,11-14,16H2. The Morgan fingerprint density at radius 3 is 2.37 bits per heavy atom. The van der Waals surface area contributed by atoms with Gasteiger partial charge in [-0.2, -0.15) is 4.31 Å². The third-order valence-electron chi connectivity index (χ3n) is 5.99. The Morgan fingerprint density at radius 2 is 1.63 bits per heavy atom. The number of piperazine rings is 1. The lowest BCUT2D eigenvalue weighted by Crippen LogP contribution is -2.50. The number of carbonyl (C=O) groups is 1. The number of fused-ring (bicyclic) bond motifs is 1. The Labute approximate surface area is 200 Å². The van der Waals surface area contributed by atoms with Gasteiger partial charge in [-0.25, -0.2) is 21.9 Å². The number of carbonyl (C=O) groups excluding carboxylic acids is 1. The van der Waals surface area contributed by atoms with Gasteiger partial charge in [-0.05, 0) is 48.0 Å². The summed E-state index contributed by atoms with van der Waals surface area (Å²) in [4.78, 5) is 13.8. The van der Waals surface area contributed by atoms with Gasteiger partial charge >= 0.3 is 0 Å². The maximum Gasteiger partial charge on any atom is 0.253 e. The minimum Gasteiger partial charge on any atom is -0.336 e. The minimum absolute atomic E-state index is 0.0124. The smallest absolute Gasteiger partial charge is 0.253 e. The van der Waals surface area contributed by atoms with Crippen LogP contribution >= 0.6 is 0 Å². The molecular weight excluding hydrogens is 476 g/mol. The minimum atomic E-state index is -4.21. The molecule has 1 saturated heterocycles. The highest BCUT2D eigenvalue weighted by molar-refractivity contribution is 7.89. The molecule has 1 aliphatic rings. The topological polar surface area (TPSA) is 88.4 Å². The van der Waals surface area contributed by atoms with Gasteiger partial charge in [0.1, 0.15) is 22.0 Å². The summed E-state index contributed by atoms with van der Waals surface area (Å²) in [5, 5.41) is 8.31. The maximum absolute atomic E-state index is 14.0. The first-order chi connectivity index (χ1) is 16.8. The van der Waals surface area contributed by atoms with E-state index in [9.17, 15) is 22.0 Å². The van der Waals surface area contributed by atoms with Crippen molar-refractivity contribution in [2.45, 2.75) is 11.4 Å². The van der Waals surface area contributed by atoms with E-state index in [0.717, 1.165) is 33.0 Å². The fourth-order valence-electron chi connectivity index (χ4n) is 4.09. The van der Waals surface area contributed by atoms with Crippen LogP contribution in [0.15, 0.2) is 71.6 Å². The van der Waals surface area contributed by atoms with Gasteiger partial charge < -0.3 is 4.90 Å². The molecule has 0 aliphatic carbocycles. The number of benzene rings is 3. The lowest BCUT2D eigenvalue weighted by Gasteiger charge is -2.34.